The molecule has 0 rings (SSSR count). The summed E-state index contributed by atoms with van der Waals surface area (Å²) in [5, 5.41) is 8.62. The highest BCUT2D eigenvalue weighted by Gasteiger charge is 2.20. The van der Waals surface area contributed by atoms with Crippen LogP contribution in [0.5, 0.6) is 0 Å². The van der Waals surface area contributed by atoms with E-state index in [2.05, 4.69) is 4.72 Å². The highest BCUT2D eigenvalue weighted by molar-refractivity contribution is 7.89. The lowest BCUT2D eigenvalue weighted by molar-refractivity contribution is -0.145. The zero-order valence-corrected chi connectivity index (χ0v) is 11.0. The van der Waals surface area contributed by atoms with Crippen LogP contribution in [0.2, 0.25) is 0 Å². The number of carbonyl (C=O) groups is 2. The van der Waals surface area contributed by atoms with E-state index in [0.717, 1.165) is 4.90 Å². The third-order valence-electron chi connectivity index (χ3n) is 2.07. The second kappa shape index (κ2) is 6.55. The summed E-state index contributed by atoms with van der Waals surface area (Å²) in [6.07, 6.45) is 0. The van der Waals surface area contributed by atoms with E-state index in [1.54, 1.807) is 13.8 Å². The molecule has 0 saturated heterocycles. The minimum Gasteiger partial charge on any atom is -0.480 e. The minimum atomic E-state index is -3.45. The molecule has 0 atom stereocenters. The highest BCUT2D eigenvalue weighted by atomic mass is 32.2. The van der Waals surface area contributed by atoms with E-state index in [-0.39, 0.29) is 11.8 Å². The third kappa shape index (κ3) is 6.22. The van der Waals surface area contributed by atoms with E-state index < -0.39 is 35.0 Å². The largest absolute Gasteiger partial charge is 0.480 e. The SMILES string of the molecule is CCS(=O)(=O)NCC(=O)N(CC(=O)O)C(C)C. The van der Waals surface area contributed by atoms with Gasteiger partial charge in [0.25, 0.3) is 0 Å². The van der Waals surface area contributed by atoms with Crippen molar-refractivity contribution < 1.29 is 23.1 Å². The fraction of sp³-hybridized carbons (Fsp3) is 0.778. The molecule has 0 aromatic rings. The van der Waals surface area contributed by atoms with Gasteiger partial charge in [-0.25, -0.2) is 13.1 Å². The van der Waals surface area contributed by atoms with Gasteiger partial charge in [-0.15, -0.1) is 0 Å². The number of hydrogen-bond acceptors (Lipinski definition) is 4. The number of rotatable bonds is 7. The van der Waals surface area contributed by atoms with Crippen LogP contribution in [-0.2, 0) is 19.6 Å². The monoisotopic (exact) mass is 266 g/mol. The molecular weight excluding hydrogens is 248 g/mol. The van der Waals surface area contributed by atoms with Crippen molar-refractivity contribution in [3.05, 3.63) is 0 Å². The molecule has 7 nitrogen and oxygen atoms in total. The van der Waals surface area contributed by atoms with Crippen LogP contribution in [0.1, 0.15) is 20.8 Å². The van der Waals surface area contributed by atoms with E-state index in [1.165, 1.54) is 6.92 Å². The summed E-state index contributed by atoms with van der Waals surface area (Å²) < 4.78 is 24.3. The predicted molar refractivity (Wildman–Crippen MR) is 61.9 cm³/mol. The standard InChI is InChI=1S/C9H18N2O5S/c1-4-17(15,16)10-5-8(12)11(7(2)3)6-9(13)14/h7,10H,4-6H2,1-3H3,(H,13,14). The number of hydrogen-bond donors (Lipinski definition) is 2. The van der Waals surface area contributed by atoms with Gasteiger partial charge in [0.15, 0.2) is 0 Å². The van der Waals surface area contributed by atoms with Gasteiger partial charge in [-0.2, -0.15) is 0 Å². The first kappa shape index (κ1) is 15.9. The van der Waals surface area contributed by atoms with Crippen LogP contribution >= 0.6 is 0 Å². The van der Waals surface area contributed by atoms with Crippen LogP contribution in [0.4, 0.5) is 0 Å². The summed E-state index contributed by atoms with van der Waals surface area (Å²) in [7, 11) is -3.45. The molecule has 0 aromatic carbocycles. The van der Waals surface area contributed by atoms with E-state index >= 15 is 0 Å². The van der Waals surface area contributed by atoms with Crippen LogP contribution in [-0.4, -0.2) is 55.2 Å². The zero-order valence-electron chi connectivity index (χ0n) is 10.1. The molecule has 0 fully saturated rings. The van der Waals surface area contributed by atoms with Gasteiger partial charge in [0, 0.05) is 6.04 Å². The summed E-state index contributed by atoms with van der Waals surface area (Å²) in [6, 6.07) is -0.301. The maximum Gasteiger partial charge on any atom is 0.323 e. The van der Waals surface area contributed by atoms with Gasteiger partial charge in [0.2, 0.25) is 15.9 Å². The minimum absolute atomic E-state index is 0.124. The molecule has 1 amide bonds. The van der Waals surface area contributed by atoms with Crippen LogP contribution in [0.3, 0.4) is 0 Å². The smallest absolute Gasteiger partial charge is 0.323 e. The number of carbonyl (C=O) groups excluding carboxylic acids is 1. The van der Waals surface area contributed by atoms with Crippen LogP contribution < -0.4 is 4.72 Å². The molecule has 0 aromatic heterocycles. The van der Waals surface area contributed by atoms with Crippen LogP contribution in [0, 0.1) is 0 Å². The Morgan fingerprint density at radius 3 is 2.24 bits per heavy atom. The summed E-state index contributed by atoms with van der Waals surface area (Å²) in [5.41, 5.74) is 0. The molecule has 0 aliphatic heterocycles. The van der Waals surface area contributed by atoms with Crippen molar-refractivity contribution in [2.24, 2.45) is 0 Å². The molecular formula is C9H18N2O5S. The van der Waals surface area contributed by atoms with Crippen molar-refractivity contribution in [1.82, 2.24) is 9.62 Å². The Bertz CT molecular complexity index is 377. The molecule has 0 saturated carbocycles. The number of sulfonamides is 1. The van der Waals surface area contributed by atoms with E-state index in [4.69, 9.17) is 5.11 Å². The van der Waals surface area contributed by atoms with Gasteiger partial charge >= 0.3 is 5.97 Å². The molecule has 0 aliphatic rings. The van der Waals surface area contributed by atoms with Crippen molar-refractivity contribution in [1.29, 1.82) is 0 Å². The highest BCUT2D eigenvalue weighted by Crippen LogP contribution is 1.98. The van der Waals surface area contributed by atoms with Crippen molar-refractivity contribution in [3.63, 3.8) is 0 Å². The van der Waals surface area contributed by atoms with Gasteiger partial charge in [-0.3, -0.25) is 9.59 Å². The van der Waals surface area contributed by atoms with E-state index in [0.29, 0.717) is 0 Å². The molecule has 2 N–H and O–H groups in total. The topological polar surface area (TPSA) is 104 Å². The van der Waals surface area contributed by atoms with Crippen molar-refractivity contribution in [2.45, 2.75) is 26.8 Å². The Morgan fingerprint density at radius 1 is 1.35 bits per heavy atom. The van der Waals surface area contributed by atoms with Crippen LogP contribution in [0.25, 0.3) is 0 Å². The molecule has 8 heteroatoms. The summed E-state index contributed by atoms with van der Waals surface area (Å²) in [4.78, 5) is 23.3. The number of nitrogens with one attached hydrogen (secondary N) is 1. The normalized spacial score (nSPS) is 11.5. The second-order valence-electron chi connectivity index (χ2n) is 3.73. The Kier molecular flexibility index (Phi) is 6.11. The molecule has 0 bridgehead atoms. The molecule has 0 spiro atoms. The zero-order chi connectivity index (χ0) is 13.6. The number of carboxylic acid groups (broad SMARTS) is 1. The fourth-order valence-electron chi connectivity index (χ4n) is 1.08. The van der Waals surface area contributed by atoms with Gasteiger partial charge in [0.1, 0.15) is 6.54 Å². The predicted octanol–water partition coefficient (Wildman–Crippen LogP) is -0.753. The second-order valence-corrected chi connectivity index (χ2v) is 5.83. The fourth-order valence-corrected chi connectivity index (χ4v) is 1.63. The Hall–Kier alpha value is -1.15. The van der Waals surface area contributed by atoms with Crippen LogP contribution in [0.15, 0.2) is 0 Å². The summed E-state index contributed by atoms with van der Waals surface area (Å²) in [6.45, 7) is 3.92. The first-order chi connectivity index (χ1) is 7.69. The maximum absolute atomic E-state index is 11.6. The molecule has 0 aliphatic carbocycles. The third-order valence-corrected chi connectivity index (χ3v) is 3.42. The van der Waals surface area contributed by atoms with Gasteiger partial charge in [0.05, 0.1) is 12.3 Å². The number of carboxylic acids is 1. The lowest BCUT2D eigenvalue weighted by Gasteiger charge is -2.24. The van der Waals surface area contributed by atoms with Gasteiger partial charge < -0.3 is 10.0 Å². The number of nitrogens with zero attached hydrogens (tertiary/aromatic N) is 1. The van der Waals surface area contributed by atoms with Gasteiger partial charge in [-0.1, -0.05) is 0 Å². The maximum atomic E-state index is 11.6. The Morgan fingerprint density at radius 2 is 1.88 bits per heavy atom. The molecule has 0 heterocycles. The average Bonchev–Trinajstić information content (AvgIpc) is 2.22. The molecule has 17 heavy (non-hydrogen) atoms. The molecule has 0 unspecified atom stereocenters. The lowest BCUT2D eigenvalue weighted by Crippen LogP contribution is -2.46. The van der Waals surface area contributed by atoms with Gasteiger partial charge in [-0.05, 0) is 20.8 Å². The summed E-state index contributed by atoms with van der Waals surface area (Å²) in [5.74, 6) is -1.81. The lowest BCUT2D eigenvalue weighted by atomic mass is 10.3. The molecule has 100 valence electrons. The summed E-state index contributed by atoms with van der Waals surface area (Å²) >= 11 is 0. The van der Waals surface area contributed by atoms with Crippen molar-refractivity contribution >= 4 is 21.9 Å². The number of aliphatic carboxylic acids is 1. The quantitative estimate of drug-likeness (QED) is 0.631. The molecule has 0 radical (unpaired) electrons. The Balaban J connectivity index is 4.49. The van der Waals surface area contributed by atoms with Crippen molar-refractivity contribution in [3.8, 4) is 0 Å². The first-order valence-corrected chi connectivity index (χ1v) is 6.83. The number of amides is 1. The Labute approximate surface area is 101 Å². The van der Waals surface area contributed by atoms with Crippen molar-refractivity contribution in [2.75, 3.05) is 18.8 Å². The first-order valence-electron chi connectivity index (χ1n) is 5.18. The van der Waals surface area contributed by atoms with E-state index in [1.807, 2.05) is 0 Å². The van der Waals surface area contributed by atoms with E-state index in [9.17, 15) is 18.0 Å². The average molecular weight is 266 g/mol.